The van der Waals surface area contributed by atoms with Gasteiger partial charge in [-0.05, 0) is 5.75 Å². The van der Waals surface area contributed by atoms with Crippen molar-refractivity contribution in [2.75, 3.05) is 19.3 Å². The summed E-state index contributed by atoms with van der Waals surface area (Å²) in [5.74, 6) is 2.21. The number of thiazole rings is 1. The number of carbonyl (C=O) groups is 1. The number of likely N-dealkylation sites (N-methyl/N-ethyl adjacent to an activating group) is 1. The summed E-state index contributed by atoms with van der Waals surface area (Å²) in [7, 11) is 1.78. The molecule has 0 fully saturated rings. The Kier molecular flexibility index (Phi) is 5.75. The van der Waals surface area contributed by atoms with Crippen LogP contribution >= 0.6 is 23.1 Å². The molecule has 2 rings (SSSR count). The second kappa shape index (κ2) is 7.56. The highest BCUT2D eigenvalue weighted by Crippen LogP contribution is 2.22. The fourth-order valence-electron chi connectivity index (χ4n) is 1.68. The fraction of sp³-hybridized carbons (Fsp3) is 0.538. The molecule has 0 aromatic carbocycles. The molecule has 0 N–H and O–H groups in total. The molecule has 8 heteroatoms. The van der Waals surface area contributed by atoms with Gasteiger partial charge in [-0.25, -0.2) is 4.98 Å². The smallest absolute Gasteiger partial charge is 0.228 e. The molecule has 2 heterocycles. The van der Waals surface area contributed by atoms with E-state index < -0.39 is 0 Å². The third-order valence-electron chi connectivity index (χ3n) is 2.80. The molecule has 0 saturated carbocycles. The highest BCUT2D eigenvalue weighted by Gasteiger charge is 2.13. The van der Waals surface area contributed by atoms with Gasteiger partial charge < -0.3 is 9.42 Å². The van der Waals surface area contributed by atoms with Gasteiger partial charge in [0, 0.05) is 32.3 Å². The minimum absolute atomic E-state index is 0.0496. The number of hydrogen-bond donors (Lipinski definition) is 0. The molecule has 6 nitrogen and oxygen atoms in total. The van der Waals surface area contributed by atoms with Gasteiger partial charge in [0.15, 0.2) is 5.82 Å². The van der Waals surface area contributed by atoms with Gasteiger partial charge in [-0.3, -0.25) is 4.79 Å². The van der Waals surface area contributed by atoms with Gasteiger partial charge >= 0.3 is 0 Å². The summed E-state index contributed by atoms with van der Waals surface area (Å²) in [6.07, 6.45) is 0.927. The molecule has 114 valence electrons. The largest absolute Gasteiger partial charge is 0.345 e. The Balaban J connectivity index is 1.81. The lowest BCUT2D eigenvalue weighted by molar-refractivity contribution is -0.129. The molecule has 0 bridgehead atoms. The lowest BCUT2D eigenvalue weighted by Crippen LogP contribution is -2.30. The highest BCUT2D eigenvalue weighted by molar-refractivity contribution is 8.00. The average molecular weight is 326 g/mol. The van der Waals surface area contributed by atoms with Crippen LogP contribution in [-0.4, -0.2) is 45.3 Å². The molecule has 0 aliphatic heterocycles. The van der Waals surface area contributed by atoms with Crippen LogP contribution in [0, 0.1) is 6.92 Å². The zero-order valence-corrected chi connectivity index (χ0v) is 14.0. The molecular weight excluding hydrogens is 308 g/mol. The van der Waals surface area contributed by atoms with E-state index in [1.807, 2.05) is 5.38 Å². The number of aromatic nitrogens is 3. The number of aryl methyl sites for hydroxylation is 1. The van der Waals surface area contributed by atoms with Gasteiger partial charge in [0.05, 0.1) is 12.1 Å². The topological polar surface area (TPSA) is 72.1 Å². The van der Waals surface area contributed by atoms with Crippen molar-refractivity contribution >= 4 is 29.0 Å². The maximum absolute atomic E-state index is 12.1. The van der Waals surface area contributed by atoms with E-state index in [1.54, 1.807) is 42.0 Å². The Labute approximate surface area is 131 Å². The molecule has 2 aromatic heterocycles. The molecule has 0 unspecified atom stereocenters. The van der Waals surface area contributed by atoms with Crippen molar-refractivity contribution in [2.45, 2.75) is 31.0 Å². The molecule has 0 aliphatic carbocycles. The second-order valence-corrected chi connectivity index (χ2v) is 6.88. The van der Waals surface area contributed by atoms with Crippen LogP contribution in [0.1, 0.15) is 24.3 Å². The maximum Gasteiger partial charge on any atom is 0.228 e. The summed E-state index contributed by atoms with van der Waals surface area (Å²) >= 11 is 3.29. The fourth-order valence-corrected chi connectivity index (χ4v) is 3.43. The van der Waals surface area contributed by atoms with E-state index in [0.717, 1.165) is 15.8 Å². The van der Waals surface area contributed by atoms with Gasteiger partial charge in [-0.1, -0.05) is 23.8 Å². The van der Waals surface area contributed by atoms with Crippen molar-refractivity contribution in [2.24, 2.45) is 0 Å². The zero-order valence-electron chi connectivity index (χ0n) is 12.3. The second-order valence-electron chi connectivity index (χ2n) is 4.51. The first-order valence-electron chi connectivity index (χ1n) is 6.68. The van der Waals surface area contributed by atoms with Gasteiger partial charge in [-0.2, -0.15) is 4.98 Å². The van der Waals surface area contributed by atoms with Crippen molar-refractivity contribution in [1.29, 1.82) is 0 Å². The summed E-state index contributed by atoms with van der Waals surface area (Å²) in [5, 5.41) is 5.77. The summed E-state index contributed by atoms with van der Waals surface area (Å²) in [6, 6.07) is 0. The lowest BCUT2D eigenvalue weighted by atomic mass is 10.3. The number of rotatable bonds is 7. The van der Waals surface area contributed by atoms with Crippen LogP contribution in [0.5, 0.6) is 0 Å². The molecule has 0 atom stereocenters. The van der Waals surface area contributed by atoms with E-state index in [2.05, 4.69) is 22.0 Å². The lowest BCUT2D eigenvalue weighted by Gasteiger charge is -2.15. The molecule has 21 heavy (non-hydrogen) atoms. The summed E-state index contributed by atoms with van der Waals surface area (Å²) in [6.45, 7) is 4.41. The van der Waals surface area contributed by atoms with Crippen molar-refractivity contribution in [1.82, 2.24) is 20.0 Å². The maximum atomic E-state index is 12.1. The summed E-state index contributed by atoms with van der Waals surface area (Å²) in [5.41, 5.74) is 0.836. The van der Waals surface area contributed by atoms with Crippen LogP contribution in [0.15, 0.2) is 14.2 Å². The van der Waals surface area contributed by atoms with Crippen LogP contribution in [0.3, 0.4) is 0 Å². The first-order valence-corrected chi connectivity index (χ1v) is 8.55. The number of thioether (sulfide) groups is 1. The number of hydrogen-bond acceptors (Lipinski definition) is 7. The Bertz CT molecular complexity index is 597. The predicted molar refractivity (Wildman–Crippen MR) is 82.6 cm³/mol. The minimum atomic E-state index is 0.0496. The third-order valence-corrected chi connectivity index (χ3v) is 4.75. The van der Waals surface area contributed by atoms with E-state index in [0.29, 0.717) is 31.1 Å². The van der Waals surface area contributed by atoms with Crippen LogP contribution in [0.2, 0.25) is 0 Å². The molecule has 0 spiro atoms. The van der Waals surface area contributed by atoms with Gasteiger partial charge in [0.2, 0.25) is 11.8 Å². The molecule has 0 saturated heterocycles. The standard InChI is InChI=1S/C13H18N4O2S2/c1-4-20-13-15-10(8-21-13)7-12(18)17(3)6-5-11-14-9(2)19-16-11/h8H,4-7H2,1-3H3. The summed E-state index contributed by atoms with van der Waals surface area (Å²) < 4.78 is 5.92. The zero-order chi connectivity index (χ0) is 15.2. The molecule has 0 radical (unpaired) electrons. The van der Waals surface area contributed by atoms with Gasteiger partial charge in [0.1, 0.15) is 4.34 Å². The van der Waals surface area contributed by atoms with Gasteiger partial charge in [-0.15, -0.1) is 11.3 Å². The predicted octanol–water partition coefficient (Wildman–Crippen LogP) is 2.19. The van der Waals surface area contributed by atoms with Crippen molar-refractivity contribution in [3.8, 4) is 0 Å². The van der Waals surface area contributed by atoms with Crippen molar-refractivity contribution in [3.63, 3.8) is 0 Å². The van der Waals surface area contributed by atoms with Gasteiger partial charge in [0.25, 0.3) is 0 Å². The number of amides is 1. The van der Waals surface area contributed by atoms with Crippen LogP contribution in [-0.2, 0) is 17.6 Å². The Morgan fingerprint density at radius 1 is 1.48 bits per heavy atom. The third kappa shape index (κ3) is 4.82. The number of carbonyl (C=O) groups excluding carboxylic acids is 1. The van der Waals surface area contributed by atoms with Crippen LogP contribution in [0.4, 0.5) is 0 Å². The number of nitrogens with zero attached hydrogens (tertiary/aromatic N) is 4. The van der Waals surface area contributed by atoms with E-state index in [-0.39, 0.29) is 5.91 Å². The van der Waals surface area contributed by atoms with Crippen LogP contribution < -0.4 is 0 Å². The van der Waals surface area contributed by atoms with Crippen molar-refractivity contribution < 1.29 is 9.32 Å². The molecule has 2 aromatic rings. The molecular formula is C13H18N4O2S2. The Morgan fingerprint density at radius 2 is 2.29 bits per heavy atom. The van der Waals surface area contributed by atoms with E-state index in [9.17, 15) is 4.79 Å². The molecule has 0 aliphatic rings. The van der Waals surface area contributed by atoms with E-state index >= 15 is 0 Å². The Hall–Kier alpha value is -1.41. The van der Waals surface area contributed by atoms with Crippen LogP contribution in [0.25, 0.3) is 0 Å². The SMILES string of the molecule is CCSc1nc(CC(=O)N(C)CCc2noc(C)n2)cs1. The normalized spacial score (nSPS) is 10.8. The minimum Gasteiger partial charge on any atom is -0.345 e. The monoisotopic (exact) mass is 326 g/mol. The Morgan fingerprint density at radius 3 is 2.95 bits per heavy atom. The van der Waals surface area contributed by atoms with E-state index in [1.165, 1.54) is 0 Å². The highest BCUT2D eigenvalue weighted by atomic mass is 32.2. The average Bonchev–Trinajstić information content (AvgIpc) is 3.06. The quantitative estimate of drug-likeness (QED) is 0.726. The van der Waals surface area contributed by atoms with E-state index in [4.69, 9.17) is 4.52 Å². The first kappa shape index (κ1) is 16.0. The van der Waals surface area contributed by atoms with Crippen molar-refractivity contribution in [3.05, 3.63) is 22.8 Å². The first-order chi connectivity index (χ1) is 10.1. The summed E-state index contributed by atoms with van der Waals surface area (Å²) in [4.78, 5) is 22.4. The molecule has 1 amide bonds.